The van der Waals surface area contributed by atoms with Gasteiger partial charge >= 0.3 is 5.97 Å². The fraction of sp³-hybridized carbons (Fsp3) is 0.200. The highest BCUT2D eigenvalue weighted by atomic mass is 32.2. The first-order valence-electron chi connectivity index (χ1n) is 10.7. The zero-order valence-electron chi connectivity index (χ0n) is 18.8. The van der Waals surface area contributed by atoms with Crippen LogP contribution in [0.2, 0.25) is 0 Å². The van der Waals surface area contributed by atoms with Crippen molar-refractivity contribution in [2.75, 3.05) is 6.61 Å². The molecule has 2 aromatic heterocycles. The smallest absolute Gasteiger partial charge is 0.338 e. The first kappa shape index (κ1) is 23.5. The van der Waals surface area contributed by atoms with Crippen LogP contribution in [-0.4, -0.2) is 30.3 Å². The number of carbonyl (C=O) groups is 1. The summed E-state index contributed by atoms with van der Waals surface area (Å²) in [7, 11) is -4.04. The summed E-state index contributed by atoms with van der Waals surface area (Å²) in [6.07, 6.45) is 1.46. The summed E-state index contributed by atoms with van der Waals surface area (Å²) in [6, 6.07) is 16.2. The Kier molecular flexibility index (Phi) is 6.67. The fourth-order valence-corrected chi connectivity index (χ4v) is 4.98. The molecular formula is C25H24N2O6S. The molecule has 4 rings (SSSR count). The maximum absolute atomic E-state index is 13.5. The van der Waals surface area contributed by atoms with E-state index in [1.54, 1.807) is 25.1 Å². The highest BCUT2D eigenvalue weighted by molar-refractivity contribution is 7.89. The van der Waals surface area contributed by atoms with Crippen molar-refractivity contribution in [2.45, 2.75) is 31.8 Å². The average Bonchev–Trinajstić information content (AvgIpc) is 3.32. The van der Waals surface area contributed by atoms with Gasteiger partial charge in [0.2, 0.25) is 10.0 Å². The van der Waals surface area contributed by atoms with Crippen molar-refractivity contribution in [1.82, 2.24) is 9.29 Å². The second-order valence-electron chi connectivity index (χ2n) is 7.81. The lowest BCUT2D eigenvalue weighted by Gasteiger charge is -2.21. The average molecular weight is 481 g/mol. The molecule has 0 fully saturated rings. The highest BCUT2D eigenvalue weighted by Crippen LogP contribution is 2.22. The number of H-pyrrole nitrogens is 1. The van der Waals surface area contributed by atoms with Gasteiger partial charge in [-0.25, -0.2) is 13.2 Å². The number of nitrogens with one attached hydrogen (secondary N) is 1. The summed E-state index contributed by atoms with van der Waals surface area (Å²) in [6.45, 7) is 3.60. The summed E-state index contributed by atoms with van der Waals surface area (Å²) in [5.41, 5.74) is 1.87. The minimum Gasteiger partial charge on any atom is -0.468 e. The van der Waals surface area contributed by atoms with Gasteiger partial charge in [-0.1, -0.05) is 12.1 Å². The lowest BCUT2D eigenvalue weighted by Crippen LogP contribution is -2.32. The molecule has 1 N–H and O–H groups in total. The van der Waals surface area contributed by atoms with Crippen molar-refractivity contribution >= 4 is 26.9 Å². The largest absolute Gasteiger partial charge is 0.468 e. The predicted octanol–water partition coefficient (Wildman–Crippen LogP) is 4.00. The third-order valence-corrected chi connectivity index (χ3v) is 7.15. The van der Waals surface area contributed by atoms with E-state index in [0.717, 1.165) is 10.9 Å². The number of furan rings is 1. The summed E-state index contributed by atoms with van der Waals surface area (Å²) in [5.74, 6) is -0.101. The van der Waals surface area contributed by atoms with E-state index >= 15 is 0 Å². The van der Waals surface area contributed by atoms with Crippen molar-refractivity contribution in [3.63, 3.8) is 0 Å². The van der Waals surface area contributed by atoms with Crippen LogP contribution in [0.4, 0.5) is 0 Å². The topological polar surface area (TPSA) is 110 Å². The van der Waals surface area contributed by atoms with E-state index in [0.29, 0.717) is 16.8 Å². The molecule has 0 atom stereocenters. The predicted molar refractivity (Wildman–Crippen MR) is 127 cm³/mol. The van der Waals surface area contributed by atoms with E-state index in [4.69, 9.17) is 9.15 Å². The summed E-state index contributed by atoms with van der Waals surface area (Å²) in [4.78, 5) is 27.5. The molecule has 0 unspecified atom stereocenters. The van der Waals surface area contributed by atoms with Gasteiger partial charge in [-0.15, -0.1) is 0 Å². The SMILES string of the molecule is CCOC(=O)c1ccc(S(=O)(=O)N(Cc2ccco2)Cc2cc3ccc(C)cc3[nH]c2=O)cc1. The molecule has 0 amide bonds. The van der Waals surface area contributed by atoms with Crippen molar-refractivity contribution in [3.8, 4) is 0 Å². The van der Waals surface area contributed by atoms with Gasteiger partial charge < -0.3 is 14.1 Å². The van der Waals surface area contributed by atoms with Crippen molar-refractivity contribution in [3.05, 3.63) is 99.7 Å². The Bertz CT molecular complexity index is 1470. The molecule has 8 nitrogen and oxygen atoms in total. The van der Waals surface area contributed by atoms with Gasteiger partial charge in [0.05, 0.1) is 29.9 Å². The van der Waals surface area contributed by atoms with Gasteiger partial charge in [-0.3, -0.25) is 4.79 Å². The van der Waals surface area contributed by atoms with Crippen LogP contribution in [0.15, 0.2) is 81.0 Å². The normalized spacial score (nSPS) is 11.7. The second kappa shape index (κ2) is 9.66. The van der Waals surface area contributed by atoms with E-state index in [2.05, 4.69) is 4.98 Å². The molecule has 0 saturated heterocycles. The summed E-state index contributed by atoms with van der Waals surface area (Å²) < 4.78 is 38.6. The van der Waals surface area contributed by atoms with Gasteiger partial charge in [-0.05, 0) is 73.3 Å². The van der Waals surface area contributed by atoms with E-state index in [1.165, 1.54) is 34.8 Å². The lowest BCUT2D eigenvalue weighted by atomic mass is 10.1. The van der Waals surface area contributed by atoms with Crippen LogP contribution in [0.1, 0.15) is 34.2 Å². The Morgan fingerprint density at radius 1 is 1.06 bits per heavy atom. The van der Waals surface area contributed by atoms with Crippen LogP contribution in [0.25, 0.3) is 10.9 Å². The van der Waals surface area contributed by atoms with Crippen molar-refractivity contribution < 1.29 is 22.4 Å². The maximum Gasteiger partial charge on any atom is 0.338 e. The number of aryl methyl sites for hydroxylation is 1. The first-order chi connectivity index (χ1) is 16.3. The number of hydrogen-bond donors (Lipinski definition) is 1. The number of rotatable bonds is 8. The van der Waals surface area contributed by atoms with E-state index in [-0.39, 0.29) is 35.7 Å². The second-order valence-corrected chi connectivity index (χ2v) is 9.75. The number of aromatic nitrogens is 1. The van der Waals surface area contributed by atoms with Crippen LogP contribution in [0.5, 0.6) is 0 Å². The standard InChI is InChI=1S/C25H24N2O6S/c1-3-32-25(29)18-8-10-22(11-9-18)34(30,31)27(16-21-5-4-12-33-21)15-20-14-19-7-6-17(2)13-23(19)26-24(20)28/h4-14H,3,15-16H2,1-2H3,(H,26,28). The molecule has 4 aromatic rings. The fourth-order valence-electron chi connectivity index (χ4n) is 3.60. The molecule has 0 aliphatic rings. The Morgan fingerprint density at radius 2 is 1.82 bits per heavy atom. The number of aromatic amines is 1. The van der Waals surface area contributed by atoms with Crippen LogP contribution in [0.3, 0.4) is 0 Å². The van der Waals surface area contributed by atoms with Crippen LogP contribution < -0.4 is 5.56 Å². The summed E-state index contributed by atoms with van der Waals surface area (Å²) >= 11 is 0. The number of benzene rings is 2. The van der Waals surface area contributed by atoms with Gasteiger partial charge in [-0.2, -0.15) is 4.31 Å². The quantitative estimate of drug-likeness (QED) is 0.382. The zero-order chi connectivity index (χ0) is 24.3. The molecular weight excluding hydrogens is 456 g/mol. The Hall–Kier alpha value is -3.69. The number of esters is 1. The van der Waals surface area contributed by atoms with Crippen LogP contribution in [0, 0.1) is 6.92 Å². The van der Waals surface area contributed by atoms with Gasteiger partial charge in [0, 0.05) is 17.6 Å². The molecule has 9 heteroatoms. The molecule has 0 aliphatic carbocycles. The minimum atomic E-state index is -4.04. The molecule has 2 heterocycles. The maximum atomic E-state index is 13.5. The van der Waals surface area contributed by atoms with Crippen LogP contribution in [-0.2, 0) is 27.8 Å². The minimum absolute atomic E-state index is 0.0139. The number of nitrogens with zero attached hydrogens (tertiary/aromatic N) is 1. The Balaban J connectivity index is 1.71. The number of pyridine rings is 1. The third-order valence-electron chi connectivity index (χ3n) is 5.34. The highest BCUT2D eigenvalue weighted by Gasteiger charge is 2.27. The lowest BCUT2D eigenvalue weighted by molar-refractivity contribution is 0.0526. The molecule has 176 valence electrons. The monoisotopic (exact) mass is 480 g/mol. The number of fused-ring (bicyclic) bond motifs is 1. The Labute approximate surface area is 196 Å². The number of sulfonamides is 1. The third kappa shape index (κ3) is 4.95. The van der Waals surface area contributed by atoms with Gasteiger partial charge in [0.25, 0.3) is 5.56 Å². The number of hydrogen-bond acceptors (Lipinski definition) is 6. The molecule has 0 spiro atoms. The van der Waals surface area contributed by atoms with Crippen LogP contribution >= 0.6 is 0 Å². The zero-order valence-corrected chi connectivity index (χ0v) is 19.6. The molecule has 0 radical (unpaired) electrons. The summed E-state index contributed by atoms with van der Waals surface area (Å²) in [5, 5.41) is 0.800. The molecule has 0 bridgehead atoms. The number of ether oxygens (including phenoxy) is 1. The Morgan fingerprint density at radius 3 is 2.50 bits per heavy atom. The molecule has 0 aliphatic heterocycles. The van der Waals surface area contributed by atoms with Gasteiger partial charge in [0.1, 0.15) is 5.76 Å². The van der Waals surface area contributed by atoms with E-state index < -0.39 is 16.0 Å². The van der Waals surface area contributed by atoms with E-state index in [9.17, 15) is 18.0 Å². The van der Waals surface area contributed by atoms with Crippen molar-refractivity contribution in [1.29, 1.82) is 0 Å². The molecule has 34 heavy (non-hydrogen) atoms. The molecule has 2 aromatic carbocycles. The number of carbonyl (C=O) groups excluding carboxylic acids is 1. The van der Waals surface area contributed by atoms with Crippen molar-refractivity contribution in [2.24, 2.45) is 0 Å². The van der Waals surface area contributed by atoms with Gasteiger partial charge in [0.15, 0.2) is 0 Å². The molecule has 0 saturated carbocycles. The first-order valence-corrected chi connectivity index (χ1v) is 12.1. The van der Waals surface area contributed by atoms with E-state index in [1.807, 2.05) is 25.1 Å².